The van der Waals surface area contributed by atoms with E-state index in [4.69, 9.17) is 4.74 Å². The van der Waals surface area contributed by atoms with Crippen LogP contribution < -0.4 is 15.0 Å². The Balaban J connectivity index is 1.36. The number of anilines is 1. The number of amides is 2. The molecular weight excluding hydrogens is 425 g/mol. The van der Waals surface area contributed by atoms with Crippen molar-refractivity contribution in [2.24, 2.45) is 0 Å². The molecule has 2 N–H and O–H groups in total. The van der Waals surface area contributed by atoms with Crippen LogP contribution in [0.5, 0.6) is 11.5 Å². The minimum atomic E-state index is -0.631. The number of hydrogen-bond acceptors (Lipinski definition) is 5. The summed E-state index contributed by atoms with van der Waals surface area (Å²) < 4.78 is 19.7. The van der Waals surface area contributed by atoms with Gasteiger partial charge in [0, 0.05) is 50.2 Å². The topological polar surface area (TPSA) is 82.1 Å². The Morgan fingerprint density at radius 1 is 1.15 bits per heavy atom. The van der Waals surface area contributed by atoms with Gasteiger partial charge in [-0.05, 0) is 67.3 Å². The number of piperazine rings is 1. The van der Waals surface area contributed by atoms with Gasteiger partial charge in [0.05, 0.1) is 7.11 Å². The lowest BCUT2D eigenvalue weighted by atomic mass is 9.84. The third kappa shape index (κ3) is 5.38. The molecule has 8 heteroatoms. The highest BCUT2D eigenvalue weighted by molar-refractivity contribution is 5.80. The van der Waals surface area contributed by atoms with Crippen molar-refractivity contribution in [3.63, 3.8) is 0 Å². The Bertz CT molecular complexity index is 1010. The first-order valence-corrected chi connectivity index (χ1v) is 11.3. The molecule has 2 aromatic rings. The van der Waals surface area contributed by atoms with Crippen LogP contribution >= 0.6 is 0 Å². The molecule has 2 heterocycles. The molecule has 7 nitrogen and oxygen atoms in total. The van der Waals surface area contributed by atoms with E-state index in [-0.39, 0.29) is 23.4 Å². The number of nitrogens with zero attached hydrogens (tertiary/aromatic N) is 2. The summed E-state index contributed by atoms with van der Waals surface area (Å²) in [6.07, 6.45) is 2.04. The van der Waals surface area contributed by atoms with E-state index in [0.717, 1.165) is 5.69 Å². The SMILES string of the molecule is COc1ccc(F)c(C[C@]2(CCC(=O)N3CCN(c4ccc(O)cc4)CC3)CCC(=O)N2)c1. The zero-order valence-corrected chi connectivity index (χ0v) is 18.8. The molecule has 0 radical (unpaired) electrons. The average Bonchev–Trinajstić information content (AvgIpc) is 3.20. The summed E-state index contributed by atoms with van der Waals surface area (Å²) in [6.45, 7) is 2.66. The maximum Gasteiger partial charge on any atom is 0.222 e. The molecular formula is C25H30FN3O4. The summed E-state index contributed by atoms with van der Waals surface area (Å²) >= 11 is 0. The van der Waals surface area contributed by atoms with E-state index in [9.17, 15) is 19.1 Å². The molecule has 2 aliphatic heterocycles. The number of rotatable bonds is 7. The molecule has 0 saturated carbocycles. The summed E-state index contributed by atoms with van der Waals surface area (Å²) in [4.78, 5) is 29.0. The van der Waals surface area contributed by atoms with E-state index in [1.54, 1.807) is 24.3 Å². The van der Waals surface area contributed by atoms with Crippen LogP contribution in [-0.2, 0) is 16.0 Å². The van der Waals surface area contributed by atoms with E-state index in [2.05, 4.69) is 10.2 Å². The number of hydrogen-bond donors (Lipinski definition) is 2. The first-order chi connectivity index (χ1) is 15.9. The molecule has 2 fully saturated rings. The Kier molecular flexibility index (Phi) is 6.72. The van der Waals surface area contributed by atoms with Crippen molar-refractivity contribution >= 4 is 17.5 Å². The van der Waals surface area contributed by atoms with Crippen LogP contribution in [0.15, 0.2) is 42.5 Å². The van der Waals surface area contributed by atoms with E-state index in [1.807, 2.05) is 17.0 Å². The largest absolute Gasteiger partial charge is 0.508 e. The van der Waals surface area contributed by atoms with Crippen molar-refractivity contribution in [2.45, 2.75) is 37.6 Å². The Labute approximate surface area is 193 Å². The normalized spacial score (nSPS) is 20.6. The molecule has 0 unspecified atom stereocenters. The number of benzene rings is 2. The number of carbonyl (C=O) groups is 2. The lowest BCUT2D eigenvalue weighted by Crippen LogP contribution is -2.50. The highest BCUT2D eigenvalue weighted by atomic mass is 19.1. The fraction of sp³-hybridized carbons (Fsp3) is 0.440. The third-order valence-electron chi connectivity index (χ3n) is 6.68. The predicted molar refractivity (Wildman–Crippen MR) is 123 cm³/mol. The van der Waals surface area contributed by atoms with Crippen molar-refractivity contribution in [1.29, 1.82) is 0 Å². The molecule has 1 atom stereocenters. The zero-order chi connectivity index (χ0) is 23.4. The monoisotopic (exact) mass is 455 g/mol. The highest BCUT2D eigenvalue weighted by Gasteiger charge is 2.39. The van der Waals surface area contributed by atoms with Crippen LogP contribution in [0, 0.1) is 5.82 Å². The van der Waals surface area contributed by atoms with Crippen molar-refractivity contribution in [3.8, 4) is 11.5 Å². The van der Waals surface area contributed by atoms with Crippen molar-refractivity contribution < 1.29 is 23.8 Å². The molecule has 33 heavy (non-hydrogen) atoms. The maximum atomic E-state index is 14.5. The van der Waals surface area contributed by atoms with Gasteiger partial charge in [0.1, 0.15) is 17.3 Å². The van der Waals surface area contributed by atoms with Crippen LogP contribution in [0.2, 0.25) is 0 Å². The second-order valence-electron chi connectivity index (χ2n) is 8.85. The smallest absolute Gasteiger partial charge is 0.222 e. The van der Waals surface area contributed by atoms with Gasteiger partial charge in [0.25, 0.3) is 0 Å². The quantitative estimate of drug-likeness (QED) is 0.671. The van der Waals surface area contributed by atoms with E-state index in [0.29, 0.717) is 69.6 Å². The molecule has 0 spiro atoms. The van der Waals surface area contributed by atoms with Crippen LogP contribution in [0.3, 0.4) is 0 Å². The van der Waals surface area contributed by atoms with E-state index in [1.165, 1.54) is 13.2 Å². The maximum absolute atomic E-state index is 14.5. The van der Waals surface area contributed by atoms with E-state index < -0.39 is 5.54 Å². The third-order valence-corrected chi connectivity index (χ3v) is 6.68. The van der Waals surface area contributed by atoms with Crippen LogP contribution in [0.4, 0.5) is 10.1 Å². The summed E-state index contributed by atoms with van der Waals surface area (Å²) in [5.74, 6) is 0.441. The van der Waals surface area contributed by atoms with Crippen LogP contribution in [0.25, 0.3) is 0 Å². The fourth-order valence-corrected chi connectivity index (χ4v) is 4.74. The molecule has 176 valence electrons. The lowest BCUT2D eigenvalue weighted by molar-refractivity contribution is -0.132. The van der Waals surface area contributed by atoms with Gasteiger partial charge < -0.3 is 25.0 Å². The Hall–Kier alpha value is -3.29. The molecule has 0 aliphatic carbocycles. The Morgan fingerprint density at radius 2 is 1.88 bits per heavy atom. The number of aromatic hydroxyl groups is 1. The summed E-state index contributed by atoms with van der Waals surface area (Å²) in [6, 6.07) is 11.7. The van der Waals surface area contributed by atoms with Crippen LogP contribution in [0.1, 0.15) is 31.2 Å². The van der Waals surface area contributed by atoms with Gasteiger partial charge in [0.15, 0.2) is 0 Å². The molecule has 2 amide bonds. The second kappa shape index (κ2) is 9.68. The minimum Gasteiger partial charge on any atom is -0.508 e. The Morgan fingerprint density at radius 3 is 2.52 bits per heavy atom. The lowest BCUT2D eigenvalue weighted by Gasteiger charge is -2.37. The van der Waals surface area contributed by atoms with Gasteiger partial charge in [-0.3, -0.25) is 9.59 Å². The molecule has 2 aliphatic rings. The summed E-state index contributed by atoms with van der Waals surface area (Å²) in [5, 5.41) is 12.5. The van der Waals surface area contributed by atoms with Gasteiger partial charge in [0.2, 0.25) is 11.8 Å². The number of methoxy groups -OCH3 is 1. The van der Waals surface area contributed by atoms with Gasteiger partial charge in [-0.25, -0.2) is 4.39 Å². The molecule has 2 saturated heterocycles. The van der Waals surface area contributed by atoms with Crippen molar-refractivity contribution in [2.75, 3.05) is 38.2 Å². The summed E-state index contributed by atoms with van der Waals surface area (Å²) in [7, 11) is 1.53. The van der Waals surface area contributed by atoms with Crippen LogP contribution in [-0.4, -0.2) is 60.6 Å². The number of phenols is 1. The first-order valence-electron chi connectivity index (χ1n) is 11.3. The number of phenolic OH excluding ortho intramolecular Hbond substituents is 1. The second-order valence-corrected chi connectivity index (χ2v) is 8.85. The summed E-state index contributed by atoms with van der Waals surface area (Å²) in [5.41, 5.74) is 0.868. The van der Waals surface area contributed by atoms with Gasteiger partial charge >= 0.3 is 0 Å². The van der Waals surface area contributed by atoms with Gasteiger partial charge in [-0.1, -0.05) is 0 Å². The van der Waals surface area contributed by atoms with Crippen molar-refractivity contribution in [1.82, 2.24) is 10.2 Å². The number of halogens is 1. The minimum absolute atomic E-state index is 0.0481. The average molecular weight is 456 g/mol. The zero-order valence-electron chi connectivity index (χ0n) is 18.8. The highest BCUT2D eigenvalue weighted by Crippen LogP contribution is 2.32. The van der Waals surface area contributed by atoms with Crippen molar-refractivity contribution in [3.05, 3.63) is 53.8 Å². The van der Waals surface area contributed by atoms with Gasteiger partial charge in [-0.15, -0.1) is 0 Å². The standard InChI is InChI=1S/C25H30FN3O4/c1-33-21-6-7-22(26)18(16-21)17-25(10-8-23(31)27-25)11-9-24(32)29-14-12-28(13-15-29)19-2-4-20(30)5-3-19/h2-7,16,30H,8-15,17H2,1H3,(H,27,31)/t25-/m1/s1. The number of nitrogens with one attached hydrogen (secondary N) is 1. The number of ether oxygens (including phenoxy) is 1. The van der Waals surface area contributed by atoms with E-state index >= 15 is 0 Å². The molecule has 2 aromatic carbocycles. The first kappa shape index (κ1) is 22.9. The molecule has 0 aromatic heterocycles. The predicted octanol–water partition coefficient (Wildman–Crippen LogP) is 2.86. The van der Waals surface area contributed by atoms with Gasteiger partial charge in [-0.2, -0.15) is 0 Å². The molecule has 0 bridgehead atoms. The molecule has 4 rings (SSSR count). The number of carbonyl (C=O) groups excluding carboxylic acids is 2. The fourth-order valence-electron chi connectivity index (χ4n) is 4.74.